The Morgan fingerprint density at radius 3 is 2.48 bits per heavy atom. The first kappa shape index (κ1) is 18.7. The first-order valence-corrected chi connectivity index (χ1v) is 8.52. The van der Waals surface area contributed by atoms with Gasteiger partial charge in [0.25, 0.3) is 0 Å². The predicted octanol–water partition coefficient (Wildman–Crippen LogP) is 4.46. The summed E-state index contributed by atoms with van der Waals surface area (Å²) in [5.74, 6) is 0.441. The highest BCUT2D eigenvalue weighted by Gasteiger charge is 2.07. The summed E-state index contributed by atoms with van der Waals surface area (Å²) in [7, 11) is 1.62. The Morgan fingerprint density at radius 2 is 1.80 bits per heavy atom. The molecule has 6 heteroatoms. The Morgan fingerprint density at radius 1 is 1.08 bits per heavy atom. The molecule has 0 saturated carbocycles. The number of benzene rings is 2. The van der Waals surface area contributed by atoms with Crippen LogP contribution in [-0.4, -0.2) is 24.8 Å². The van der Waals surface area contributed by atoms with E-state index in [9.17, 15) is 4.79 Å². The fourth-order valence-electron chi connectivity index (χ4n) is 2.08. The van der Waals surface area contributed by atoms with Crippen molar-refractivity contribution in [2.45, 2.75) is 19.8 Å². The molecule has 0 amide bonds. The van der Waals surface area contributed by atoms with Crippen LogP contribution in [0.25, 0.3) is 0 Å². The number of nitrogens with one attached hydrogen (secondary N) is 2. The molecule has 0 unspecified atom stereocenters. The van der Waals surface area contributed by atoms with Crippen LogP contribution in [0, 0.1) is 0 Å². The molecule has 0 aliphatic heterocycles. The number of hydrogen-bond donors (Lipinski definition) is 2. The Hall–Kier alpha value is -2.60. The van der Waals surface area contributed by atoms with Crippen LogP contribution in [0.1, 0.15) is 30.1 Å². The molecule has 5 nitrogen and oxygen atoms in total. The molecule has 2 N–H and O–H groups in total. The molecule has 2 rings (SSSR count). The molecule has 132 valence electrons. The van der Waals surface area contributed by atoms with Gasteiger partial charge in [0.15, 0.2) is 5.11 Å². The Kier molecular flexibility index (Phi) is 7.22. The van der Waals surface area contributed by atoms with Gasteiger partial charge in [0.1, 0.15) is 5.75 Å². The van der Waals surface area contributed by atoms with Crippen molar-refractivity contribution in [3.8, 4) is 5.75 Å². The molecule has 2 aromatic carbocycles. The number of unbranched alkanes of at least 4 members (excludes halogenated alkanes) is 1. The standard InChI is InChI=1S/C19H22N2O3S/c1-3-4-12-24-18(22)14-8-10-15(11-9-14)20-19(25)21-16-6-5-7-17(13-16)23-2/h5-11,13H,3-4,12H2,1-2H3,(H2,20,21,25). The van der Waals surface area contributed by atoms with Crippen LogP contribution in [0.5, 0.6) is 5.75 Å². The van der Waals surface area contributed by atoms with Crippen molar-refractivity contribution in [2.75, 3.05) is 24.4 Å². The number of carbonyl (C=O) groups is 1. The van der Waals surface area contributed by atoms with Crippen LogP contribution in [0.4, 0.5) is 11.4 Å². The van der Waals surface area contributed by atoms with E-state index < -0.39 is 0 Å². The van der Waals surface area contributed by atoms with Crippen molar-refractivity contribution < 1.29 is 14.3 Å². The SMILES string of the molecule is CCCCOC(=O)c1ccc(NC(=S)Nc2cccc(OC)c2)cc1. The third-order valence-electron chi connectivity index (χ3n) is 3.44. The largest absolute Gasteiger partial charge is 0.497 e. The summed E-state index contributed by atoms with van der Waals surface area (Å²) < 4.78 is 10.4. The zero-order chi connectivity index (χ0) is 18.1. The molecular weight excluding hydrogens is 336 g/mol. The van der Waals surface area contributed by atoms with Gasteiger partial charge < -0.3 is 20.1 Å². The smallest absolute Gasteiger partial charge is 0.338 e. The minimum Gasteiger partial charge on any atom is -0.497 e. The summed E-state index contributed by atoms with van der Waals surface area (Å²) in [4.78, 5) is 11.9. The van der Waals surface area contributed by atoms with Crippen LogP contribution in [0.2, 0.25) is 0 Å². The highest BCUT2D eigenvalue weighted by Crippen LogP contribution is 2.17. The maximum absolute atomic E-state index is 11.9. The minimum absolute atomic E-state index is 0.308. The molecular formula is C19H22N2O3S. The Labute approximate surface area is 153 Å². The fourth-order valence-corrected chi connectivity index (χ4v) is 2.31. The van der Waals surface area contributed by atoms with E-state index in [4.69, 9.17) is 21.7 Å². The highest BCUT2D eigenvalue weighted by atomic mass is 32.1. The van der Waals surface area contributed by atoms with E-state index >= 15 is 0 Å². The second-order valence-electron chi connectivity index (χ2n) is 5.38. The maximum Gasteiger partial charge on any atom is 0.338 e. The number of methoxy groups -OCH3 is 1. The highest BCUT2D eigenvalue weighted by molar-refractivity contribution is 7.80. The topological polar surface area (TPSA) is 59.6 Å². The van der Waals surface area contributed by atoms with Crippen molar-refractivity contribution >= 4 is 34.7 Å². The minimum atomic E-state index is -0.308. The number of rotatable bonds is 7. The van der Waals surface area contributed by atoms with Gasteiger partial charge in [-0.1, -0.05) is 19.4 Å². The van der Waals surface area contributed by atoms with E-state index in [1.54, 1.807) is 31.4 Å². The molecule has 0 aliphatic rings. The van der Waals surface area contributed by atoms with Gasteiger partial charge in [0.2, 0.25) is 0 Å². The van der Waals surface area contributed by atoms with Gasteiger partial charge >= 0.3 is 5.97 Å². The Balaban J connectivity index is 1.89. The van der Waals surface area contributed by atoms with Crippen molar-refractivity contribution in [1.29, 1.82) is 0 Å². The van der Waals surface area contributed by atoms with Crippen LogP contribution < -0.4 is 15.4 Å². The van der Waals surface area contributed by atoms with Crippen LogP contribution in [0.15, 0.2) is 48.5 Å². The van der Waals surface area contributed by atoms with Gasteiger partial charge in [-0.15, -0.1) is 0 Å². The number of thiocarbonyl (C=S) groups is 1. The number of esters is 1. The number of hydrogen-bond acceptors (Lipinski definition) is 4. The van der Waals surface area contributed by atoms with E-state index in [0.717, 1.165) is 30.0 Å². The molecule has 0 spiro atoms. The lowest BCUT2D eigenvalue weighted by Gasteiger charge is -2.12. The van der Waals surface area contributed by atoms with Gasteiger partial charge in [-0.3, -0.25) is 0 Å². The van der Waals surface area contributed by atoms with Gasteiger partial charge in [0.05, 0.1) is 19.3 Å². The van der Waals surface area contributed by atoms with Crippen LogP contribution in [-0.2, 0) is 4.74 Å². The van der Waals surface area contributed by atoms with Crippen LogP contribution in [0.3, 0.4) is 0 Å². The first-order valence-electron chi connectivity index (χ1n) is 8.11. The van der Waals surface area contributed by atoms with E-state index in [-0.39, 0.29) is 5.97 Å². The average Bonchev–Trinajstić information content (AvgIpc) is 2.62. The van der Waals surface area contributed by atoms with Gasteiger partial charge in [-0.2, -0.15) is 0 Å². The summed E-state index contributed by atoms with van der Waals surface area (Å²) >= 11 is 5.30. The lowest BCUT2D eigenvalue weighted by atomic mass is 10.2. The van der Waals surface area contributed by atoms with E-state index in [2.05, 4.69) is 17.6 Å². The summed E-state index contributed by atoms with van der Waals surface area (Å²) in [6.07, 6.45) is 1.86. The molecule has 0 radical (unpaired) electrons. The van der Waals surface area contributed by atoms with E-state index in [1.165, 1.54) is 0 Å². The van der Waals surface area contributed by atoms with E-state index in [0.29, 0.717) is 17.3 Å². The molecule has 0 heterocycles. The summed E-state index contributed by atoms with van der Waals surface area (Å²) in [6.45, 7) is 2.50. The van der Waals surface area contributed by atoms with E-state index in [1.807, 2.05) is 24.3 Å². The van der Waals surface area contributed by atoms with Crippen molar-refractivity contribution in [3.63, 3.8) is 0 Å². The van der Waals surface area contributed by atoms with Crippen molar-refractivity contribution in [3.05, 3.63) is 54.1 Å². The van der Waals surface area contributed by atoms with Crippen molar-refractivity contribution in [2.24, 2.45) is 0 Å². The van der Waals surface area contributed by atoms with Gasteiger partial charge in [0, 0.05) is 17.4 Å². The monoisotopic (exact) mass is 358 g/mol. The molecule has 25 heavy (non-hydrogen) atoms. The van der Waals surface area contributed by atoms with Gasteiger partial charge in [-0.25, -0.2) is 4.79 Å². The number of ether oxygens (including phenoxy) is 2. The Bertz CT molecular complexity index is 717. The molecule has 0 saturated heterocycles. The quantitative estimate of drug-likeness (QED) is 0.433. The molecule has 2 aromatic rings. The second kappa shape index (κ2) is 9.64. The summed E-state index contributed by atoms with van der Waals surface area (Å²) in [5, 5.41) is 6.61. The molecule has 0 aliphatic carbocycles. The zero-order valence-electron chi connectivity index (χ0n) is 14.4. The molecule has 0 fully saturated rings. The lowest BCUT2D eigenvalue weighted by Crippen LogP contribution is -2.19. The molecule has 0 atom stereocenters. The lowest BCUT2D eigenvalue weighted by molar-refractivity contribution is 0.0500. The van der Waals surface area contributed by atoms with Crippen molar-refractivity contribution in [1.82, 2.24) is 0 Å². The normalized spacial score (nSPS) is 10.0. The molecule has 0 bridgehead atoms. The zero-order valence-corrected chi connectivity index (χ0v) is 15.2. The van der Waals surface area contributed by atoms with Crippen LogP contribution >= 0.6 is 12.2 Å². The first-order chi connectivity index (χ1) is 12.1. The summed E-state index contributed by atoms with van der Waals surface area (Å²) in [5.41, 5.74) is 2.13. The fraction of sp³-hybridized carbons (Fsp3) is 0.263. The van der Waals surface area contributed by atoms with Gasteiger partial charge in [-0.05, 0) is 55.0 Å². The average molecular weight is 358 g/mol. The third-order valence-corrected chi connectivity index (χ3v) is 3.64. The third kappa shape index (κ3) is 6.08. The maximum atomic E-state index is 11.9. The number of carbonyl (C=O) groups excluding carboxylic acids is 1. The predicted molar refractivity (Wildman–Crippen MR) is 104 cm³/mol. The molecule has 0 aromatic heterocycles. The summed E-state index contributed by atoms with van der Waals surface area (Å²) in [6, 6.07) is 14.5. The number of anilines is 2. The second-order valence-corrected chi connectivity index (χ2v) is 5.79.